The molecule has 1 aromatic rings. The number of nitrogens with one attached hydrogen (secondary N) is 1. The number of aliphatic hydroxyl groups excluding tert-OH is 1. The number of rotatable bonds is 6. The topological polar surface area (TPSA) is 89.8 Å². The fraction of sp³-hybridized carbons (Fsp3) is 0.364. The maximum Gasteiger partial charge on any atom is 0.325 e. The zero-order chi connectivity index (χ0) is 12.8. The molecule has 0 fully saturated rings. The number of hydrogen-bond acceptors (Lipinski definition) is 4. The number of phenols is 1. The highest BCUT2D eigenvalue weighted by Crippen LogP contribution is 2.27. The first-order valence-corrected chi connectivity index (χ1v) is 5.49. The summed E-state index contributed by atoms with van der Waals surface area (Å²) >= 11 is 5.76. The molecule has 0 amide bonds. The monoisotopic (exact) mass is 259 g/mol. The highest BCUT2D eigenvalue weighted by Gasteiger charge is 2.22. The van der Waals surface area contributed by atoms with Gasteiger partial charge in [-0.3, -0.25) is 4.79 Å². The number of hydrogen-bond donors (Lipinski definition) is 4. The molecule has 0 aliphatic heterocycles. The summed E-state index contributed by atoms with van der Waals surface area (Å²) < 4.78 is 0. The third-order valence-corrected chi connectivity index (χ3v) is 2.47. The first kappa shape index (κ1) is 13.8. The second-order valence-corrected chi connectivity index (χ2v) is 3.94. The summed E-state index contributed by atoms with van der Waals surface area (Å²) in [6.45, 7) is 0.306. The number of benzene rings is 1. The summed E-state index contributed by atoms with van der Waals surface area (Å²) in [5, 5.41) is 30.4. The van der Waals surface area contributed by atoms with Gasteiger partial charge in [-0.2, -0.15) is 0 Å². The second-order valence-electron chi connectivity index (χ2n) is 3.51. The fourth-order valence-corrected chi connectivity index (χ4v) is 1.59. The first-order chi connectivity index (χ1) is 8.06. The van der Waals surface area contributed by atoms with Crippen LogP contribution >= 0.6 is 11.6 Å². The van der Waals surface area contributed by atoms with Crippen LogP contribution in [0, 0.1) is 0 Å². The maximum absolute atomic E-state index is 11.1. The normalized spacial score (nSPS) is 12.4. The summed E-state index contributed by atoms with van der Waals surface area (Å²) in [7, 11) is 0. The number of carboxylic acids is 1. The van der Waals surface area contributed by atoms with E-state index < -0.39 is 12.0 Å². The Kier molecular flexibility index (Phi) is 5.21. The number of aromatic hydroxyl groups is 1. The molecule has 0 radical (unpaired) electrons. The zero-order valence-electron chi connectivity index (χ0n) is 9.06. The van der Waals surface area contributed by atoms with E-state index in [0.717, 1.165) is 0 Å². The Morgan fingerprint density at radius 3 is 2.76 bits per heavy atom. The number of aliphatic hydroxyl groups is 1. The fourth-order valence-electron chi connectivity index (χ4n) is 1.41. The highest BCUT2D eigenvalue weighted by molar-refractivity contribution is 6.30. The summed E-state index contributed by atoms with van der Waals surface area (Å²) in [6.07, 6.45) is 0.436. The number of carbonyl (C=O) groups is 1. The van der Waals surface area contributed by atoms with Crippen LogP contribution in [0.1, 0.15) is 18.0 Å². The largest absolute Gasteiger partial charge is 0.508 e. The van der Waals surface area contributed by atoms with Gasteiger partial charge in [-0.1, -0.05) is 11.6 Å². The Labute approximate surface area is 104 Å². The van der Waals surface area contributed by atoms with Gasteiger partial charge in [0.1, 0.15) is 11.8 Å². The third-order valence-electron chi connectivity index (χ3n) is 2.23. The van der Waals surface area contributed by atoms with E-state index >= 15 is 0 Å². The van der Waals surface area contributed by atoms with Gasteiger partial charge in [0.15, 0.2) is 0 Å². The molecule has 4 N–H and O–H groups in total. The van der Waals surface area contributed by atoms with Crippen LogP contribution in [0.3, 0.4) is 0 Å². The van der Waals surface area contributed by atoms with Gasteiger partial charge >= 0.3 is 5.97 Å². The van der Waals surface area contributed by atoms with Crippen molar-refractivity contribution in [1.82, 2.24) is 5.32 Å². The van der Waals surface area contributed by atoms with Crippen LogP contribution in [0.25, 0.3) is 0 Å². The van der Waals surface area contributed by atoms with Crippen molar-refractivity contribution in [1.29, 1.82) is 0 Å². The highest BCUT2D eigenvalue weighted by atomic mass is 35.5. The van der Waals surface area contributed by atoms with Crippen molar-refractivity contribution in [2.24, 2.45) is 0 Å². The van der Waals surface area contributed by atoms with Crippen LogP contribution in [-0.4, -0.2) is 34.4 Å². The molecule has 6 heteroatoms. The van der Waals surface area contributed by atoms with Crippen molar-refractivity contribution < 1.29 is 20.1 Å². The molecule has 0 aliphatic rings. The molecule has 5 nitrogen and oxygen atoms in total. The van der Waals surface area contributed by atoms with Crippen molar-refractivity contribution in [3.05, 3.63) is 28.8 Å². The van der Waals surface area contributed by atoms with E-state index in [-0.39, 0.29) is 17.9 Å². The number of phenolic OH excluding ortho intramolecular Hbond substituents is 1. The minimum atomic E-state index is -1.11. The van der Waals surface area contributed by atoms with Crippen molar-refractivity contribution >= 4 is 17.6 Å². The quantitative estimate of drug-likeness (QED) is 0.576. The summed E-state index contributed by atoms with van der Waals surface area (Å²) in [6, 6.07) is 3.19. The van der Waals surface area contributed by atoms with Crippen molar-refractivity contribution in [2.45, 2.75) is 12.5 Å². The average Bonchev–Trinajstić information content (AvgIpc) is 2.28. The predicted octanol–water partition coefficient (Wildman–Crippen LogP) is 1.14. The van der Waals surface area contributed by atoms with E-state index in [1.54, 1.807) is 0 Å². The lowest BCUT2D eigenvalue weighted by molar-refractivity contribution is -0.139. The number of aliphatic carboxylic acids is 1. The second kappa shape index (κ2) is 6.44. The minimum absolute atomic E-state index is 0.0269. The Hall–Kier alpha value is -1.30. The van der Waals surface area contributed by atoms with Crippen LogP contribution in [-0.2, 0) is 4.79 Å². The molecule has 17 heavy (non-hydrogen) atoms. The van der Waals surface area contributed by atoms with Crippen LogP contribution in [0.5, 0.6) is 5.75 Å². The van der Waals surface area contributed by atoms with Gasteiger partial charge < -0.3 is 20.6 Å². The van der Waals surface area contributed by atoms with Gasteiger partial charge in [0, 0.05) is 17.2 Å². The summed E-state index contributed by atoms with van der Waals surface area (Å²) in [4.78, 5) is 11.1. The molecule has 0 spiro atoms. The molecule has 1 atom stereocenters. The Morgan fingerprint density at radius 1 is 1.47 bits per heavy atom. The van der Waals surface area contributed by atoms with E-state index in [2.05, 4.69) is 5.32 Å². The minimum Gasteiger partial charge on any atom is -0.508 e. The maximum atomic E-state index is 11.1. The molecule has 0 aromatic heterocycles. The molecule has 1 rings (SSSR count). The van der Waals surface area contributed by atoms with Crippen LogP contribution < -0.4 is 5.32 Å². The number of halogens is 1. The van der Waals surface area contributed by atoms with Crippen LogP contribution in [0.4, 0.5) is 0 Å². The molecular formula is C11H14ClNO4. The van der Waals surface area contributed by atoms with Crippen LogP contribution in [0.2, 0.25) is 5.02 Å². The first-order valence-electron chi connectivity index (χ1n) is 5.11. The Balaban J connectivity index is 2.89. The summed E-state index contributed by atoms with van der Waals surface area (Å²) in [5.41, 5.74) is 0.211. The standard InChI is InChI=1S/C11H14ClNO4/c12-7-2-3-9(15)8(6-7)10(11(16)17)13-4-1-5-14/h2-3,6,10,13-15H,1,4-5H2,(H,16,17). The van der Waals surface area contributed by atoms with Gasteiger partial charge in [-0.05, 0) is 31.2 Å². The molecule has 0 heterocycles. The van der Waals surface area contributed by atoms with E-state index in [1.165, 1.54) is 18.2 Å². The van der Waals surface area contributed by atoms with Gasteiger partial charge in [0.05, 0.1) is 0 Å². The van der Waals surface area contributed by atoms with Gasteiger partial charge in [-0.15, -0.1) is 0 Å². The smallest absolute Gasteiger partial charge is 0.325 e. The lowest BCUT2D eigenvalue weighted by Crippen LogP contribution is -2.29. The Bertz CT molecular complexity index is 397. The average molecular weight is 260 g/mol. The van der Waals surface area contributed by atoms with Crippen molar-refractivity contribution in [3.8, 4) is 5.75 Å². The van der Waals surface area contributed by atoms with Gasteiger partial charge in [-0.25, -0.2) is 0 Å². The zero-order valence-corrected chi connectivity index (χ0v) is 9.81. The molecule has 1 unspecified atom stereocenters. The molecule has 1 aromatic carbocycles. The third kappa shape index (κ3) is 3.89. The van der Waals surface area contributed by atoms with E-state index in [9.17, 15) is 9.90 Å². The summed E-state index contributed by atoms with van der Waals surface area (Å²) in [5.74, 6) is -1.24. The number of carboxylic acid groups (broad SMARTS) is 1. The molecule has 0 aliphatic carbocycles. The van der Waals surface area contributed by atoms with E-state index in [4.69, 9.17) is 21.8 Å². The van der Waals surface area contributed by atoms with Crippen molar-refractivity contribution in [3.63, 3.8) is 0 Å². The van der Waals surface area contributed by atoms with E-state index in [1.807, 2.05) is 0 Å². The predicted molar refractivity (Wildman–Crippen MR) is 63.2 cm³/mol. The molecular weight excluding hydrogens is 246 g/mol. The lowest BCUT2D eigenvalue weighted by Gasteiger charge is -2.16. The SMILES string of the molecule is O=C(O)C(NCCCO)c1cc(Cl)ccc1O. The molecule has 0 bridgehead atoms. The van der Waals surface area contributed by atoms with E-state index in [0.29, 0.717) is 18.0 Å². The molecule has 94 valence electrons. The van der Waals surface area contributed by atoms with Gasteiger partial charge in [0.25, 0.3) is 0 Å². The lowest BCUT2D eigenvalue weighted by atomic mass is 10.1. The Morgan fingerprint density at radius 2 is 2.18 bits per heavy atom. The van der Waals surface area contributed by atoms with Crippen molar-refractivity contribution in [2.75, 3.05) is 13.2 Å². The van der Waals surface area contributed by atoms with Gasteiger partial charge in [0.2, 0.25) is 0 Å². The molecule has 0 saturated heterocycles. The van der Waals surface area contributed by atoms with Crippen LogP contribution in [0.15, 0.2) is 18.2 Å². The molecule has 0 saturated carbocycles.